The molecule has 0 radical (unpaired) electrons. The van der Waals surface area contributed by atoms with Gasteiger partial charge < -0.3 is 10.2 Å². The van der Waals surface area contributed by atoms with Crippen molar-refractivity contribution in [1.29, 1.82) is 0 Å². The Hall–Kier alpha value is -1.13. The summed E-state index contributed by atoms with van der Waals surface area (Å²) in [4.78, 5) is 6.92. The summed E-state index contributed by atoms with van der Waals surface area (Å²) in [6.07, 6.45) is 1.89. The molecule has 4 heteroatoms. The Morgan fingerprint density at radius 3 is 2.75 bits per heavy atom. The minimum absolute atomic E-state index is 0.517. The SMILES string of the molecule is CCN(CCNC(C)C)c1nccc2c(Br)cccc12. The summed E-state index contributed by atoms with van der Waals surface area (Å²) in [5.74, 6) is 1.07. The Kier molecular flexibility index (Phi) is 5.38. The maximum atomic E-state index is 4.59. The lowest BCUT2D eigenvalue weighted by Crippen LogP contribution is -2.35. The van der Waals surface area contributed by atoms with E-state index >= 15 is 0 Å². The van der Waals surface area contributed by atoms with E-state index in [4.69, 9.17) is 0 Å². The van der Waals surface area contributed by atoms with Crippen molar-refractivity contribution in [3.05, 3.63) is 34.9 Å². The Labute approximate surface area is 129 Å². The van der Waals surface area contributed by atoms with Crippen molar-refractivity contribution < 1.29 is 0 Å². The van der Waals surface area contributed by atoms with Crippen LogP contribution in [0.5, 0.6) is 0 Å². The Balaban J connectivity index is 2.28. The molecule has 1 N–H and O–H groups in total. The molecule has 0 aliphatic carbocycles. The average molecular weight is 336 g/mol. The molecule has 0 aliphatic rings. The van der Waals surface area contributed by atoms with Crippen LogP contribution in [0.25, 0.3) is 10.8 Å². The van der Waals surface area contributed by atoms with E-state index < -0.39 is 0 Å². The van der Waals surface area contributed by atoms with Crippen molar-refractivity contribution in [1.82, 2.24) is 10.3 Å². The van der Waals surface area contributed by atoms with Gasteiger partial charge in [-0.05, 0) is 19.1 Å². The first-order valence-electron chi connectivity index (χ1n) is 7.15. The molecule has 1 heterocycles. The van der Waals surface area contributed by atoms with Crippen molar-refractivity contribution in [2.24, 2.45) is 0 Å². The third-order valence-corrected chi connectivity index (χ3v) is 4.04. The summed E-state index contributed by atoms with van der Waals surface area (Å²) in [6, 6.07) is 8.85. The van der Waals surface area contributed by atoms with Gasteiger partial charge in [-0.3, -0.25) is 0 Å². The van der Waals surface area contributed by atoms with Crippen LogP contribution >= 0.6 is 15.9 Å². The Bertz CT molecular complexity index is 569. The number of hydrogen-bond acceptors (Lipinski definition) is 3. The molecule has 0 unspecified atom stereocenters. The second kappa shape index (κ2) is 7.04. The summed E-state index contributed by atoms with van der Waals surface area (Å²) in [6.45, 7) is 9.41. The molecular weight excluding hydrogens is 314 g/mol. The minimum Gasteiger partial charge on any atom is -0.355 e. The third kappa shape index (κ3) is 3.49. The molecule has 0 aliphatic heterocycles. The fraction of sp³-hybridized carbons (Fsp3) is 0.438. The number of likely N-dealkylation sites (N-methyl/N-ethyl adjacent to an activating group) is 1. The molecule has 2 rings (SSSR count). The summed E-state index contributed by atoms with van der Waals surface area (Å²) in [5, 5.41) is 5.88. The molecule has 0 fully saturated rings. The lowest BCUT2D eigenvalue weighted by atomic mass is 10.1. The number of hydrogen-bond donors (Lipinski definition) is 1. The molecular formula is C16H22BrN3. The Morgan fingerprint density at radius 2 is 2.05 bits per heavy atom. The van der Waals surface area contributed by atoms with E-state index in [1.807, 2.05) is 6.20 Å². The van der Waals surface area contributed by atoms with E-state index in [9.17, 15) is 0 Å². The number of benzene rings is 1. The molecule has 0 atom stereocenters. The van der Waals surface area contributed by atoms with Crippen LogP contribution in [-0.4, -0.2) is 30.7 Å². The van der Waals surface area contributed by atoms with E-state index in [-0.39, 0.29) is 0 Å². The summed E-state index contributed by atoms with van der Waals surface area (Å²) < 4.78 is 1.12. The van der Waals surface area contributed by atoms with Crippen LogP contribution in [-0.2, 0) is 0 Å². The van der Waals surface area contributed by atoms with Crippen LogP contribution in [0.3, 0.4) is 0 Å². The Morgan fingerprint density at radius 1 is 1.25 bits per heavy atom. The highest BCUT2D eigenvalue weighted by Gasteiger charge is 2.11. The minimum atomic E-state index is 0.517. The van der Waals surface area contributed by atoms with Crippen molar-refractivity contribution in [2.75, 3.05) is 24.5 Å². The zero-order chi connectivity index (χ0) is 14.5. The lowest BCUT2D eigenvalue weighted by Gasteiger charge is -2.24. The smallest absolute Gasteiger partial charge is 0.136 e. The van der Waals surface area contributed by atoms with Gasteiger partial charge in [0.1, 0.15) is 5.82 Å². The van der Waals surface area contributed by atoms with Crippen LogP contribution in [0.15, 0.2) is 34.9 Å². The van der Waals surface area contributed by atoms with Crippen molar-refractivity contribution >= 4 is 32.5 Å². The molecule has 0 bridgehead atoms. The topological polar surface area (TPSA) is 28.2 Å². The average Bonchev–Trinajstić information content (AvgIpc) is 2.44. The molecule has 1 aromatic carbocycles. The lowest BCUT2D eigenvalue weighted by molar-refractivity contribution is 0.583. The van der Waals surface area contributed by atoms with Gasteiger partial charge in [-0.15, -0.1) is 0 Å². The second-order valence-corrected chi connectivity index (χ2v) is 6.01. The van der Waals surface area contributed by atoms with Gasteiger partial charge in [-0.1, -0.05) is 41.9 Å². The standard InChI is InChI=1S/C16H22BrN3/c1-4-20(11-10-18-12(2)3)16-14-6-5-7-15(17)13(14)8-9-19-16/h5-9,12,18H,4,10-11H2,1-3H3. The summed E-state index contributed by atoms with van der Waals surface area (Å²) in [5.41, 5.74) is 0. The van der Waals surface area contributed by atoms with Crippen molar-refractivity contribution in [3.8, 4) is 0 Å². The molecule has 0 amide bonds. The normalized spacial score (nSPS) is 11.2. The first-order chi connectivity index (χ1) is 9.63. The number of nitrogens with zero attached hydrogens (tertiary/aromatic N) is 2. The molecule has 20 heavy (non-hydrogen) atoms. The highest BCUT2D eigenvalue weighted by molar-refractivity contribution is 9.10. The number of fused-ring (bicyclic) bond motifs is 1. The van der Waals surface area contributed by atoms with Gasteiger partial charge in [-0.2, -0.15) is 0 Å². The van der Waals surface area contributed by atoms with E-state index in [0.29, 0.717) is 6.04 Å². The predicted molar refractivity (Wildman–Crippen MR) is 90.5 cm³/mol. The van der Waals surface area contributed by atoms with Crippen molar-refractivity contribution in [2.45, 2.75) is 26.8 Å². The van der Waals surface area contributed by atoms with Gasteiger partial charge in [0.2, 0.25) is 0 Å². The molecule has 2 aromatic rings. The van der Waals surface area contributed by atoms with Crippen LogP contribution in [0.2, 0.25) is 0 Å². The quantitative estimate of drug-likeness (QED) is 0.869. The fourth-order valence-electron chi connectivity index (χ4n) is 2.31. The zero-order valence-electron chi connectivity index (χ0n) is 12.4. The van der Waals surface area contributed by atoms with Crippen molar-refractivity contribution in [3.63, 3.8) is 0 Å². The highest BCUT2D eigenvalue weighted by atomic mass is 79.9. The van der Waals surface area contributed by atoms with Gasteiger partial charge in [-0.25, -0.2) is 4.98 Å². The zero-order valence-corrected chi connectivity index (χ0v) is 13.9. The number of halogens is 1. The molecule has 3 nitrogen and oxygen atoms in total. The van der Waals surface area contributed by atoms with Gasteiger partial charge in [0.15, 0.2) is 0 Å². The molecule has 0 spiro atoms. The maximum Gasteiger partial charge on any atom is 0.136 e. The van der Waals surface area contributed by atoms with Crippen LogP contribution in [0.4, 0.5) is 5.82 Å². The predicted octanol–water partition coefficient (Wildman–Crippen LogP) is 3.82. The van der Waals surface area contributed by atoms with Crippen LogP contribution < -0.4 is 10.2 Å². The van der Waals surface area contributed by atoms with Gasteiger partial charge >= 0.3 is 0 Å². The first-order valence-corrected chi connectivity index (χ1v) is 7.94. The molecule has 1 aromatic heterocycles. The number of nitrogens with one attached hydrogen (secondary N) is 1. The highest BCUT2D eigenvalue weighted by Crippen LogP contribution is 2.29. The second-order valence-electron chi connectivity index (χ2n) is 5.16. The number of anilines is 1. The summed E-state index contributed by atoms with van der Waals surface area (Å²) >= 11 is 3.62. The van der Waals surface area contributed by atoms with Gasteiger partial charge in [0, 0.05) is 47.1 Å². The first kappa shape index (κ1) is 15.3. The molecule has 0 saturated heterocycles. The third-order valence-electron chi connectivity index (χ3n) is 3.35. The number of aromatic nitrogens is 1. The maximum absolute atomic E-state index is 4.59. The molecule has 108 valence electrons. The van der Waals surface area contributed by atoms with Crippen LogP contribution in [0, 0.1) is 0 Å². The van der Waals surface area contributed by atoms with E-state index in [1.54, 1.807) is 0 Å². The monoisotopic (exact) mass is 335 g/mol. The number of rotatable bonds is 6. The summed E-state index contributed by atoms with van der Waals surface area (Å²) in [7, 11) is 0. The van der Waals surface area contributed by atoms with Gasteiger partial charge in [0.05, 0.1) is 0 Å². The fourth-order valence-corrected chi connectivity index (χ4v) is 2.81. The number of pyridine rings is 1. The van der Waals surface area contributed by atoms with E-state index in [0.717, 1.165) is 29.9 Å². The van der Waals surface area contributed by atoms with Crippen LogP contribution in [0.1, 0.15) is 20.8 Å². The molecule has 0 saturated carbocycles. The van der Waals surface area contributed by atoms with E-state index in [2.05, 4.69) is 76.2 Å². The largest absolute Gasteiger partial charge is 0.355 e. The van der Waals surface area contributed by atoms with E-state index in [1.165, 1.54) is 10.8 Å². The van der Waals surface area contributed by atoms with Gasteiger partial charge in [0.25, 0.3) is 0 Å².